The number of hydrogen-bond donors (Lipinski definition) is 2. The number of ether oxygens (including phenoxy) is 1. The Morgan fingerprint density at radius 3 is 3.17 bits per heavy atom. The lowest BCUT2D eigenvalue weighted by Crippen LogP contribution is -2.33. The van der Waals surface area contributed by atoms with Crippen molar-refractivity contribution >= 4 is 5.91 Å². The van der Waals surface area contributed by atoms with Gasteiger partial charge in [-0.1, -0.05) is 12.1 Å². The zero-order valence-electron chi connectivity index (χ0n) is 10.5. The summed E-state index contributed by atoms with van der Waals surface area (Å²) in [7, 11) is 0. The molecule has 2 aliphatic rings. The van der Waals surface area contributed by atoms with Crippen LogP contribution in [0.2, 0.25) is 0 Å². The highest BCUT2D eigenvalue weighted by Crippen LogP contribution is 2.28. The van der Waals surface area contributed by atoms with E-state index >= 15 is 0 Å². The number of fused-ring (bicyclic) bond motifs is 1. The van der Waals surface area contributed by atoms with Crippen LogP contribution in [0.25, 0.3) is 0 Å². The summed E-state index contributed by atoms with van der Waals surface area (Å²) in [5.74, 6) is 1.16. The second kappa shape index (κ2) is 4.61. The predicted molar refractivity (Wildman–Crippen MR) is 68.6 cm³/mol. The molecule has 18 heavy (non-hydrogen) atoms. The zero-order chi connectivity index (χ0) is 12.5. The quantitative estimate of drug-likeness (QED) is 0.841. The zero-order valence-corrected chi connectivity index (χ0v) is 10.5. The van der Waals surface area contributed by atoms with E-state index < -0.39 is 0 Å². The van der Waals surface area contributed by atoms with Gasteiger partial charge in [-0.15, -0.1) is 0 Å². The second-order valence-electron chi connectivity index (χ2n) is 5.06. The Balaban J connectivity index is 1.68. The summed E-state index contributed by atoms with van der Waals surface area (Å²) in [5.41, 5.74) is 2.56. The Hall–Kier alpha value is -1.55. The third kappa shape index (κ3) is 2.20. The molecule has 1 fully saturated rings. The summed E-state index contributed by atoms with van der Waals surface area (Å²) in [6.45, 7) is 3.67. The topological polar surface area (TPSA) is 50.4 Å². The van der Waals surface area contributed by atoms with Gasteiger partial charge in [0.1, 0.15) is 5.75 Å². The van der Waals surface area contributed by atoms with Crippen LogP contribution in [0.3, 0.4) is 0 Å². The van der Waals surface area contributed by atoms with Gasteiger partial charge in [0.25, 0.3) is 0 Å². The predicted octanol–water partition coefficient (Wildman–Crippen LogP) is 1.16. The third-order valence-electron chi connectivity index (χ3n) is 3.68. The Morgan fingerprint density at radius 2 is 2.39 bits per heavy atom. The SMILES string of the molecule is CC(NC1CNC(=O)C1)c1ccc2c(c1)CCO2. The van der Waals surface area contributed by atoms with Gasteiger partial charge in [0.05, 0.1) is 6.61 Å². The van der Waals surface area contributed by atoms with E-state index in [1.54, 1.807) is 0 Å². The first kappa shape index (κ1) is 11.5. The summed E-state index contributed by atoms with van der Waals surface area (Å²) < 4.78 is 5.51. The fourth-order valence-electron chi connectivity index (χ4n) is 2.65. The average molecular weight is 246 g/mol. The molecule has 2 aliphatic heterocycles. The van der Waals surface area contributed by atoms with Crippen molar-refractivity contribution in [3.05, 3.63) is 29.3 Å². The molecule has 0 aliphatic carbocycles. The minimum absolute atomic E-state index is 0.141. The largest absolute Gasteiger partial charge is 0.493 e. The standard InChI is InChI=1S/C14H18N2O2/c1-9(16-12-7-14(17)15-8-12)10-2-3-13-11(6-10)4-5-18-13/h2-3,6,9,12,16H,4-5,7-8H2,1H3,(H,15,17). The van der Waals surface area contributed by atoms with Crippen LogP contribution in [0.15, 0.2) is 18.2 Å². The molecule has 0 radical (unpaired) electrons. The van der Waals surface area contributed by atoms with Crippen LogP contribution in [-0.2, 0) is 11.2 Å². The number of amides is 1. The lowest BCUT2D eigenvalue weighted by Gasteiger charge is -2.19. The van der Waals surface area contributed by atoms with Crippen LogP contribution in [0.5, 0.6) is 5.75 Å². The molecule has 2 N–H and O–H groups in total. The Morgan fingerprint density at radius 1 is 1.50 bits per heavy atom. The smallest absolute Gasteiger partial charge is 0.221 e. The summed E-state index contributed by atoms with van der Waals surface area (Å²) in [5, 5.41) is 6.34. The Bertz CT molecular complexity index is 473. The molecule has 4 heteroatoms. The van der Waals surface area contributed by atoms with Crippen molar-refractivity contribution < 1.29 is 9.53 Å². The Labute approximate surface area is 107 Å². The van der Waals surface area contributed by atoms with Gasteiger partial charge in [-0.05, 0) is 24.1 Å². The third-order valence-corrected chi connectivity index (χ3v) is 3.68. The molecule has 1 aromatic rings. The minimum atomic E-state index is 0.141. The molecule has 0 bridgehead atoms. The number of rotatable bonds is 3. The first-order valence-electron chi connectivity index (χ1n) is 6.51. The van der Waals surface area contributed by atoms with Crippen LogP contribution in [0, 0.1) is 0 Å². The highest BCUT2D eigenvalue weighted by Gasteiger charge is 2.23. The highest BCUT2D eigenvalue weighted by molar-refractivity contribution is 5.78. The van der Waals surface area contributed by atoms with Crippen molar-refractivity contribution in [2.75, 3.05) is 13.2 Å². The molecule has 2 heterocycles. The molecule has 1 amide bonds. The molecule has 0 spiro atoms. The van der Waals surface area contributed by atoms with E-state index in [9.17, 15) is 4.79 Å². The minimum Gasteiger partial charge on any atom is -0.493 e. The van der Waals surface area contributed by atoms with Gasteiger partial charge in [0.15, 0.2) is 0 Å². The maximum absolute atomic E-state index is 11.2. The molecule has 0 aromatic heterocycles. The number of benzene rings is 1. The second-order valence-corrected chi connectivity index (χ2v) is 5.06. The van der Waals surface area contributed by atoms with Gasteiger partial charge < -0.3 is 15.4 Å². The van der Waals surface area contributed by atoms with Crippen molar-refractivity contribution in [2.24, 2.45) is 0 Å². The van der Waals surface area contributed by atoms with Crippen LogP contribution < -0.4 is 15.4 Å². The highest BCUT2D eigenvalue weighted by atomic mass is 16.5. The number of carbonyl (C=O) groups excluding carboxylic acids is 1. The molecular weight excluding hydrogens is 228 g/mol. The van der Waals surface area contributed by atoms with Crippen LogP contribution in [0.4, 0.5) is 0 Å². The molecule has 96 valence electrons. The summed E-state index contributed by atoms with van der Waals surface area (Å²) in [4.78, 5) is 11.2. The normalized spacial score (nSPS) is 23.4. The van der Waals surface area contributed by atoms with E-state index in [1.807, 2.05) is 6.07 Å². The van der Waals surface area contributed by atoms with Crippen molar-refractivity contribution in [2.45, 2.75) is 31.8 Å². The number of carbonyl (C=O) groups is 1. The number of hydrogen-bond acceptors (Lipinski definition) is 3. The van der Waals surface area contributed by atoms with Gasteiger partial charge >= 0.3 is 0 Å². The maximum atomic E-state index is 11.2. The van der Waals surface area contributed by atoms with Crippen LogP contribution >= 0.6 is 0 Å². The first-order chi connectivity index (χ1) is 8.72. The Kier molecular flexibility index (Phi) is 2.96. The van der Waals surface area contributed by atoms with Crippen molar-refractivity contribution in [3.63, 3.8) is 0 Å². The molecule has 1 aromatic carbocycles. The van der Waals surface area contributed by atoms with Crippen LogP contribution in [-0.4, -0.2) is 25.1 Å². The van der Waals surface area contributed by atoms with Gasteiger partial charge in [-0.3, -0.25) is 4.79 Å². The van der Waals surface area contributed by atoms with E-state index in [0.29, 0.717) is 6.42 Å². The summed E-state index contributed by atoms with van der Waals surface area (Å²) in [6, 6.07) is 6.87. The van der Waals surface area contributed by atoms with Crippen molar-refractivity contribution in [3.8, 4) is 5.75 Å². The van der Waals surface area contributed by atoms with E-state index in [1.165, 1.54) is 11.1 Å². The van der Waals surface area contributed by atoms with Gasteiger partial charge in [0, 0.05) is 31.5 Å². The monoisotopic (exact) mass is 246 g/mol. The fourth-order valence-corrected chi connectivity index (χ4v) is 2.65. The average Bonchev–Trinajstić information content (AvgIpc) is 2.96. The lowest BCUT2D eigenvalue weighted by molar-refractivity contribution is -0.119. The molecule has 1 saturated heterocycles. The fraction of sp³-hybridized carbons (Fsp3) is 0.500. The molecule has 4 nitrogen and oxygen atoms in total. The maximum Gasteiger partial charge on any atom is 0.221 e. The van der Waals surface area contributed by atoms with E-state index in [-0.39, 0.29) is 18.0 Å². The number of nitrogens with one attached hydrogen (secondary N) is 2. The molecular formula is C14H18N2O2. The van der Waals surface area contributed by atoms with Crippen molar-refractivity contribution in [1.82, 2.24) is 10.6 Å². The van der Waals surface area contributed by atoms with Gasteiger partial charge in [-0.2, -0.15) is 0 Å². The van der Waals surface area contributed by atoms with E-state index in [2.05, 4.69) is 29.7 Å². The van der Waals surface area contributed by atoms with Gasteiger partial charge in [0.2, 0.25) is 5.91 Å². The molecule has 2 unspecified atom stereocenters. The molecule has 3 rings (SSSR count). The van der Waals surface area contributed by atoms with Gasteiger partial charge in [-0.25, -0.2) is 0 Å². The summed E-state index contributed by atoms with van der Waals surface area (Å²) >= 11 is 0. The van der Waals surface area contributed by atoms with E-state index in [4.69, 9.17) is 4.74 Å². The first-order valence-corrected chi connectivity index (χ1v) is 6.51. The van der Waals surface area contributed by atoms with Crippen LogP contribution in [0.1, 0.15) is 30.5 Å². The van der Waals surface area contributed by atoms with E-state index in [0.717, 1.165) is 25.3 Å². The summed E-state index contributed by atoms with van der Waals surface area (Å²) in [6.07, 6.45) is 1.58. The molecule has 0 saturated carbocycles. The lowest BCUT2D eigenvalue weighted by atomic mass is 10.0. The van der Waals surface area contributed by atoms with Crippen molar-refractivity contribution in [1.29, 1.82) is 0 Å². The molecule has 2 atom stereocenters.